The Hall–Kier alpha value is -5.18. The molecule has 0 amide bonds. The van der Waals surface area contributed by atoms with Gasteiger partial charge in [-0.3, -0.25) is 0 Å². The molecular weight excluding hydrogens is 529 g/mol. The zero-order valence-corrected chi connectivity index (χ0v) is 24.5. The second-order valence-corrected chi connectivity index (χ2v) is 14.9. The van der Waals surface area contributed by atoms with Crippen molar-refractivity contribution in [3.8, 4) is 23.5 Å². The van der Waals surface area contributed by atoms with E-state index in [1.54, 1.807) is 0 Å². The Morgan fingerprint density at radius 2 is 1.38 bits per heavy atom. The maximum Gasteiger partial charge on any atom is 0.103 e. The number of rotatable bonds is 8. The highest BCUT2D eigenvalue weighted by Crippen LogP contribution is 2.32. The molecule has 8 bridgehead atoms. The Balaban J connectivity index is 1.77. The normalized spacial score (nSPS) is 12.2. The van der Waals surface area contributed by atoms with Crippen LogP contribution in [0.15, 0.2) is 98.6 Å². The molecule has 0 aliphatic carbocycles. The van der Waals surface area contributed by atoms with Crippen molar-refractivity contribution in [2.45, 2.75) is 18.1 Å². The smallest absolute Gasteiger partial charge is 0.103 e. The van der Waals surface area contributed by atoms with Crippen LogP contribution in [0.4, 0.5) is 0 Å². The number of hydrogen-bond donors (Lipinski definition) is 2. The van der Waals surface area contributed by atoms with E-state index in [2.05, 4.69) is 90.2 Å². The van der Waals surface area contributed by atoms with Crippen molar-refractivity contribution < 1.29 is 0 Å². The Labute approximate surface area is 247 Å². The first-order chi connectivity index (χ1) is 20.6. The summed E-state index contributed by atoms with van der Waals surface area (Å²) in [6.45, 7) is 12.4. The van der Waals surface area contributed by atoms with Crippen molar-refractivity contribution in [2.24, 2.45) is 0 Å². The fraction of sp³-hybridized carbons (Fsp3) is 0.0811. The van der Waals surface area contributed by atoms with Crippen LogP contribution in [0.1, 0.15) is 28.3 Å². The standard InChI is InChI=1S/C37H32N4Si/c1-5-22-42(23-6-2,24-7-3)37-34-17-15-28(39-34)25-27-14-16-32(38-27)36(26-12-10-9-11-13-26)33-20-18-30(40-33)29(8-4)31-19-21-35(37)41-31/h4-7,9-21,25,38,41H,1-3,22-24H2. The van der Waals surface area contributed by atoms with Gasteiger partial charge in [-0.25, -0.2) is 9.97 Å². The molecule has 0 radical (unpaired) electrons. The van der Waals surface area contributed by atoms with E-state index in [0.717, 1.165) is 74.1 Å². The highest BCUT2D eigenvalue weighted by molar-refractivity contribution is 6.94. The maximum absolute atomic E-state index is 6.15. The van der Waals surface area contributed by atoms with Gasteiger partial charge in [0.25, 0.3) is 0 Å². The molecule has 0 fully saturated rings. The van der Waals surface area contributed by atoms with E-state index in [-0.39, 0.29) is 0 Å². The summed E-state index contributed by atoms with van der Waals surface area (Å²) < 4.78 is 0. The van der Waals surface area contributed by atoms with E-state index in [1.165, 1.54) is 5.19 Å². The van der Waals surface area contributed by atoms with E-state index < -0.39 is 8.07 Å². The summed E-state index contributed by atoms with van der Waals surface area (Å²) in [5, 5.41) is 1.22. The van der Waals surface area contributed by atoms with Gasteiger partial charge in [0, 0.05) is 22.1 Å². The molecule has 4 nitrogen and oxygen atoms in total. The fourth-order valence-electron chi connectivity index (χ4n) is 6.14. The zero-order chi connectivity index (χ0) is 29.1. The number of allylic oxidation sites excluding steroid dienone is 3. The van der Waals surface area contributed by atoms with Crippen LogP contribution in [0.2, 0.25) is 18.1 Å². The lowest BCUT2D eigenvalue weighted by Crippen LogP contribution is -2.48. The number of aromatic amines is 2. The van der Waals surface area contributed by atoms with Gasteiger partial charge < -0.3 is 9.97 Å². The predicted octanol–water partition coefficient (Wildman–Crippen LogP) is 8.52. The highest BCUT2D eigenvalue weighted by atomic mass is 28.3. The third kappa shape index (κ3) is 4.83. The van der Waals surface area contributed by atoms with Gasteiger partial charge in [0.2, 0.25) is 0 Å². The van der Waals surface area contributed by atoms with Gasteiger partial charge >= 0.3 is 0 Å². The molecule has 2 aliphatic rings. The van der Waals surface area contributed by atoms with Gasteiger partial charge in [-0.05, 0) is 83.5 Å². The van der Waals surface area contributed by atoms with E-state index >= 15 is 0 Å². The quantitative estimate of drug-likeness (QED) is 0.111. The zero-order valence-electron chi connectivity index (χ0n) is 23.5. The van der Waals surface area contributed by atoms with E-state index in [0.29, 0.717) is 5.56 Å². The number of hydrogen-bond acceptors (Lipinski definition) is 2. The van der Waals surface area contributed by atoms with Crippen LogP contribution >= 0.6 is 0 Å². The van der Waals surface area contributed by atoms with Crippen LogP contribution in [0.3, 0.4) is 0 Å². The summed E-state index contributed by atoms with van der Waals surface area (Å²) in [4.78, 5) is 17.5. The summed E-state index contributed by atoms with van der Waals surface area (Å²) >= 11 is 0. The molecule has 0 unspecified atom stereocenters. The third-order valence-corrected chi connectivity index (χ3v) is 12.7. The fourth-order valence-corrected chi connectivity index (χ4v) is 10.3. The molecule has 4 aromatic rings. The predicted molar refractivity (Wildman–Crippen MR) is 183 cm³/mol. The van der Waals surface area contributed by atoms with Crippen LogP contribution in [0.5, 0.6) is 0 Å². The molecule has 204 valence electrons. The van der Waals surface area contributed by atoms with Crippen molar-refractivity contribution in [1.29, 1.82) is 0 Å². The number of H-pyrrole nitrogens is 2. The first-order valence-electron chi connectivity index (χ1n) is 14.1. The van der Waals surface area contributed by atoms with Gasteiger partial charge in [0.05, 0.1) is 33.9 Å². The maximum atomic E-state index is 6.15. The molecule has 3 aromatic heterocycles. The SMILES string of the molecule is C#Cc1c2nc(c(-c3ccccc3)c3ccc(cc4nc(c([Si](CC=C)(CC=C)CC=C)c5ccc1[nH]5)C=C4)[nH]3)C=C2. The largest absolute Gasteiger partial charge is 0.355 e. The molecule has 6 rings (SSSR count). The van der Waals surface area contributed by atoms with Crippen molar-refractivity contribution in [2.75, 3.05) is 0 Å². The number of fused-ring (bicyclic) bond motifs is 8. The minimum atomic E-state index is -2.25. The summed E-state index contributed by atoms with van der Waals surface area (Å²) in [6, 6.07) is 23.4. The Morgan fingerprint density at radius 3 is 2.10 bits per heavy atom. The number of nitrogens with zero attached hydrogens (tertiary/aromatic N) is 2. The molecule has 0 saturated carbocycles. The van der Waals surface area contributed by atoms with Gasteiger partial charge in [-0.1, -0.05) is 54.5 Å². The molecule has 1 aromatic carbocycles. The van der Waals surface area contributed by atoms with Crippen molar-refractivity contribution in [1.82, 2.24) is 19.9 Å². The third-order valence-electron chi connectivity index (χ3n) is 7.92. The second kappa shape index (κ2) is 11.4. The van der Waals surface area contributed by atoms with Gasteiger partial charge in [0.15, 0.2) is 0 Å². The summed E-state index contributed by atoms with van der Waals surface area (Å²) in [6.07, 6.45) is 20.5. The van der Waals surface area contributed by atoms with Crippen molar-refractivity contribution in [3.63, 3.8) is 0 Å². The molecule has 0 atom stereocenters. The Bertz CT molecular complexity index is 1950. The average Bonchev–Trinajstić information content (AvgIpc) is 3.81. The van der Waals surface area contributed by atoms with Crippen molar-refractivity contribution >= 4 is 59.6 Å². The molecular formula is C37H32N4Si. The summed E-state index contributed by atoms with van der Waals surface area (Å²) in [7, 11) is -2.25. The van der Waals surface area contributed by atoms with Gasteiger partial charge in [0.1, 0.15) is 8.07 Å². The molecule has 2 aliphatic heterocycles. The van der Waals surface area contributed by atoms with Crippen LogP contribution in [0.25, 0.3) is 57.5 Å². The lowest BCUT2D eigenvalue weighted by atomic mass is 10.0. The van der Waals surface area contributed by atoms with Crippen LogP contribution < -0.4 is 5.19 Å². The monoisotopic (exact) mass is 560 g/mol. The van der Waals surface area contributed by atoms with Crippen LogP contribution in [0, 0.1) is 12.3 Å². The Kier molecular flexibility index (Phi) is 7.31. The molecule has 5 heterocycles. The molecule has 0 saturated heterocycles. The summed E-state index contributed by atoms with van der Waals surface area (Å²) in [5.41, 5.74) is 10.0. The lowest BCUT2D eigenvalue weighted by molar-refractivity contribution is 1.30. The average molecular weight is 561 g/mol. The van der Waals surface area contributed by atoms with Gasteiger partial charge in [-0.15, -0.1) is 26.2 Å². The van der Waals surface area contributed by atoms with E-state index in [4.69, 9.17) is 16.4 Å². The van der Waals surface area contributed by atoms with E-state index in [1.807, 2.05) is 48.6 Å². The number of benzene rings is 1. The highest BCUT2D eigenvalue weighted by Gasteiger charge is 2.35. The number of aromatic nitrogens is 4. The summed E-state index contributed by atoms with van der Waals surface area (Å²) in [5.74, 6) is 2.92. The van der Waals surface area contributed by atoms with Crippen LogP contribution in [-0.2, 0) is 0 Å². The Morgan fingerprint density at radius 1 is 0.714 bits per heavy atom. The topological polar surface area (TPSA) is 57.4 Å². The minimum absolute atomic E-state index is 0.714. The molecule has 2 N–H and O–H groups in total. The first kappa shape index (κ1) is 27.0. The van der Waals surface area contributed by atoms with Gasteiger partial charge in [-0.2, -0.15) is 0 Å². The number of nitrogens with one attached hydrogen (secondary N) is 2. The lowest BCUT2D eigenvalue weighted by Gasteiger charge is -2.30. The molecule has 5 heteroatoms. The first-order valence-corrected chi connectivity index (χ1v) is 16.7. The van der Waals surface area contributed by atoms with Crippen LogP contribution in [-0.4, -0.2) is 28.0 Å². The van der Waals surface area contributed by atoms with E-state index in [9.17, 15) is 0 Å². The van der Waals surface area contributed by atoms with Crippen molar-refractivity contribution in [3.05, 3.63) is 127 Å². The molecule has 0 spiro atoms. The second-order valence-electron chi connectivity index (χ2n) is 10.6. The minimum Gasteiger partial charge on any atom is -0.355 e. The molecule has 42 heavy (non-hydrogen) atoms. The number of terminal acetylenes is 1.